The first kappa shape index (κ1) is 17.2. The van der Waals surface area contributed by atoms with E-state index in [1.54, 1.807) is 10.5 Å². The maximum absolute atomic E-state index is 2.32. The van der Waals surface area contributed by atoms with E-state index in [1.807, 2.05) is 0 Å². The SMILES string of the molecule is c1ccc(SC2C3=C(SCC2c2ccccc2)c2ccccc2CC3)cc1. The van der Waals surface area contributed by atoms with E-state index in [0.717, 1.165) is 5.75 Å². The molecule has 134 valence electrons. The van der Waals surface area contributed by atoms with Gasteiger partial charge in [-0.2, -0.15) is 0 Å². The molecule has 1 aliphatic carbocycles. The molecule has 0 radical (unpaired) electrons. The molecule has 1 aliphatic heterocycles. The highest BCUT2D eigenvalue weighted by molar-refractivity contribution is 8.08. The quantitative estimate of drug-likeness (QED) is 0.473. The van der Waals surface area contributed by atoms with Crippen LogP contribution >= 0.6 is 23.5 Å². The lowest BCUT2D eigenvalue weighted by Crippen LogP contribution is -2.27. The molecule has 0 saturated heterocycles. The molecule has 2 aliphatic rings. The van der Waals surface area contributed by atoms with Crippen LogP contribution in [0.15, 0.2) is 95.4 Å². The molecule has 2 unspecified atom stereocenters. The molecule has 0 amide bonds. The predicted molar refractivity (Wildman–Crippen MR) is 119 cm³/mol. The van der Waals surface area contributed by atoms with Crippen molar-refractivity contribution in [2.75, 3.05) is 5.75 Å². The zero-order chi connectivity index (χ0) is 18.1. The van der Waals surface area contributed by atoms with Gasteiger partial charge >= 0.3 is 0 Å². The van der Waals surface area contributed by atoms with Gasteiger partial charge in [-0.3, -0.25) is 0 Å². The highest BCUT2D eigenvalue weighted by Gasteiger charge is 2.36. The Balaban J connectivity index is 1.59. The predicted octanol–water partition coefficient (Wildman–Crippen LogP) is 7.04. The molecule has 0 bridgehead atoms. The van der Waals surface area contributed by atoms with Gasteiger partial charge in [0.2, 0.25) is 0 Å². The molecule has 2 heteroatoms. The minimum Gasteiger partial charge on any atom is -0.125 e. The molecular formula is C25H22S2. The Hall–Kier alpha value is -1.90. The largest absolute Gasteiger partial charge is 0.125 e. The van der Waals surface area contributed by atoms with Crippen LogP contribution in [0.5, 0.6) is 0 Å². The molecule has 5 rings (SSSR count). The van der Waals surface area contributed by atoms with E-state index >= 15 is 0 Å². The number of thioether (sulfide) groups is 2. The maximum Gasteiger partial charge on any atom is 0.0394 e. The van der Waals surface area contributed by atoms with Crippen LogP contribution in [0.4, 0.5) is 0 Å². The van der Waals surface area contributed by atoms with Gasteiger partial charge in [0.25, 0.3) is 0 Å². The molecule has 3 aromatic rings. The zero-order valence-electron chi connectivity index (χ0n) is 15.2. The molecule has 1 heterocycles. The Labute approximate surface area is 170 Å². The van der Waals surface area contributed by atoms with Crippen LogP contribution in [0.3, 0.4) is 0 Å². The first-order valence-electron chi connectivity index (χ1n) is 9.61. The summed E-state index contributed by atoms with van der Waals surface area (Å²) in [5.74, 6) is 1.72. The summed E-state index contributed by atoms with van der Waals surface area (Å²) in [5.41, 5.74) is 6.13. The third kappa shape index (κ3) is 3.37. The van der Waals surface area contributed by atoms with Gasteiger partial charge in [0.05, 0.1) is 0 Å². The molecule has 0 saturated carbocycles. The van der Waals surface area contributed by atoms with Crippen molar-refractivity contribution in [1.82, 2.24) is 0 Å². The first-order chi connectivity index (χ1) is 13.4. The lowest BCUT2D eigenvalue weighted by atomic mass is 9.84. The molecule has 3 aromatic carbocycles. The lowest BCUT2D eigenvalue weighted by molar-refractivity contribution is 0.732. The molecule has 0 nitrogen and oxygen atoms in total. The van der Waals surface area contributed by atoms with Crippen molar-refractivity contribution >= 4 is 28.4 Å². The second-order valence-electron chi connectivity index (χ2n) is 7.19. The van der Waals surface area contributed by atoms with Gasteiger partial charge in [0.1, 0.15) is 0 Å². The molecule has 27 heavy (non-hydrogen) atoms. The van der Waals surface area contributed by atoms with E-state index in [0.29, 0.717) is 11.2 Å². The van der Waals surface area contributed by atoms with Crippen molar-refractivity contribution in [2.24, 2.45) is 0 Å². The molecule has 2 atom stereocenters. The summed E-state index contributed by atoms with van der Waals surface area (Å²) >= 11 is 4.13. The van der Waals surface area contributed by atoms with Crippen LogP contribution in [-0.4, -0.2) is 11.0 Å². The highest BCUT2D eigenvalue weighted by atomic mass is 32.2. The molecule has 0 N–H and O–H groups in total. The Kier molecular flexibility index (Phi) is 4.85. The number of rotatable bonds is 3. The monoisotopic (exact) mass is 386 g/mol. The third-order valence-electron chi connectivity index (χ3n) is 5.57. The van der Waals surface area contributed by atoms with E-state index in [4.69, 9.17) is 0 Å². The number of hydrogen-bond donors (Lipinski definition) is 0. The second kappa shape index (κ2) is 7.61. The highest BCUT2D eigenvalue weighted by Crippen LogP contribution is 2.53. The summed E-state index contributed by atoms with van der Waals surface area (Å²) in [6.45, 7) is 0. The van der Waals surface area contributed by atoms with Gasteiger partial charge in [-0.05, 0) is 47.2 Å². The maximum atomic E-state index is 2.32. The Bertz CT molecular complexity index is 960. The summed E-state index contributed by atoms with van der Waals surface area (Å²) in [7, 11) is 0. The van der Waals surface area contributed by atoms with Crippen LogP contribution in [0.1, 0.15) is 29.0 Å². The van der Waals surface area contributed by atoms with Crippen molar-refractivity contribution in [3.63, 3.8) is 0 Å². The second-order valence-corrected chi connectivity index (χ2v) is 9.44. The number of hydrogen-bond acceptors (Lipinski definition) is 2. The number of aryl methyl sites for hydroxylation is 1. The smallest absolute Gasteiger partial charge is 0.0394 e. The topological polar surface area (TPSA) is 0 Å². The van der Waals surface area contributed by atoms with Crippen molar-refractivity contribution < 1.29 is 0 Å². The van der Waals surface area contributed by atoms with Gasteiger partial charge in [0.15, 0.2) is 0 Å². The van der Waals surface area contributed by atoms with Crippen LogP contribution < -0.4 is 0 Å². The van der Waals surface area contributed by atoms with Crippen LogP contribution in [0, 0.1) is 0 Å². The fraction of sp³-hybridized carbons (Fsp3) is 0.200. The minimum absolute atomic E-state index is 0.513. The Morgan fingerprint density at radius 3 is 2.26 bits per heavy atom. The molecule has 0 aromatic heterocycles. The third-order valence-corrected chi connectivity index (χ3v) is 8.28. The van der Waals surface area contributed by atoms with E-state index in [1.165, 1.54) is 34.4 Å². The van der Waals surface area contributed by atoms with Crippen LogP contribution in [-0.2, 0) is 6.42 Å². The summed E-state index contributed by atoms with van der Waals surface area (Å²) in [4.78, 5) is 2.93. The van der Waals surface area contributed by atoms with E-state index < -0.39 is 0 Å². The molecule has 0 spiro atoms. The summed E-state index contributed by atoms with van der Waals surface area (Å²) in [5, 5.41) is 0.513. The number of fused-ring (bicyclic) bond motifs is 2. The van der Waals surface area contributed by atoms with Crippen LogP contribution in [0.2, 0.25) is 0 Å². The number of benzene rings is 3. The van der Waals surface area contributed by atoms with E-state index in [-0.39, 0.29) is 0 Å². The van der Waals surface area contributed by atoms with Gasteiger partial charge < -0.3 is 0 Å². The normalized spacial score (nSPS) is 21.5. The average Bonchev–Trinajstić information content (AvgIpc) is 2.75. The summed E-state index contributed by atoms with van der Waals surface area (Å²) < 4.78 is 0. The summed E-state index contributed by atoms with van der Waals surface area (Å²) in [6, 6.07) is 31.1. The zero-order valence-corrected chi connectivity index (χ0v) is 16.8. The average molecular weight is 387 g/mol. The Morgan fingerprint density at radius 1 is 0.741 bits per heavy atom. The van der Waals surface area contributed by atoms with Crippen molar-refractivity contribution in [3.05, 3.63) is 107 Å². The minimum atomic E-state index is 0.513. The van der Waals surface area contributed by atoms with Gasteiger partial charge in [-0.25, -0.2) is 0 Å². The first-order valence-corrected chi connectivity index (χ1v) is 11.5. The van der Waals surface area contributed by atoms with Gasteiger partial charge in [-0.1, -0.05) is 72.8 Å². The lowest BCUT2D eigenvalue weighted by Gasteiger charge is -2.38. The fourth-order valence-corrected chi connectivity index (χ4v) is 7.33. The van der Waals surface area contributed by atoms with Gasteiger partial charge in [-0.15, -0.1) is 23.5 Å². The van der Waals surface area contributed by atoms with E-state index in [2.05, 4.69) is 108 Å². The van der Waals surface area contributed by atoms with Gasteiger partial charge in [0, 0.05) is 26.7 Å². The fourth-order valence-electron chi connectivity index (χ4n) is 4.23. The van der Waals surface area contributed by atoms with E-state index in [9.17, 15) is 0 Å². The summed E-state index contributed by atoms with van der Waals surface area (Å²) in [6.07, 6.45) is 2.36. The molecule has 0 fully saturated rings. The Morgan fingerprint density at radius 2 is 1.44 bits per heavy atom. The molecular weight excluding hydrogens is 364 g/mol. The van der Waals surface area contributed by atoms with Crippen LogP contribution in [0.25, 0.3) is 4.91 Å². The van der Waals surface area contributed by atoms with Crippen molar-refractivity contribution in [1.29, 1.82) is 0 Å². The van der Waals surface area contributed by atoms with Crippen molar-refractivity contribution in [2.45, 2.75) is 28.9 Å². The standard InChI is InChI=1S/C25H22S2/c1-3-9-18(10-4-1)23-17-26-24-21-14-8-7-11-19(21)15-16-22(24)25(23)27-20-12-5-2-6-13-20/h1-14,23,25H,15-17H2. The van der Waals surface area contributed by atoms with Crippen molar-refractivity contribution in [3.8, 4) is 0 Å².